The molecule has 0 aliphatic carbocycles. The number of carbonyl (C=O) groups excluding carboxylic acids is 1. The van der Waals surface area contributed by atoms with E-state index in [2.05, 4.69) is 0 Å². The van der Waals surface area contributed by atoms with Gasteiger partial charge in [-0.05, 0) is 18.6 Å². The third-order valence-corrected chi connectivity index (χ3v) is 2.07. The van der Waals surface area contributed by atoms with Crippen LogP contribution in [0.2, 0.25) is 0 Å². The summed E-state index contributed by atoms with van der Waals surface area (Å²) in [5.41, 5.74) is 0.0385. The van der Waals surface area contributed by atoms with Crippen molar-refractivity contribution in [2.24, 2.45) is 0 Å². The molecule has 0 aliphatic heterocycles. The average Bonchev–Trinajstić information content (AvgIpc) is 2.19. The Morgan fingerprint density at radius 1 is 1.44 bits per heavy atom. The first kappa shape index (κ1) is 12.0. The number of rotatable bonds is 2. The molecule has 6 heteroatoms. The number of aryl methyl sites for hydroxylation is 1. The maximum absolute atomic E-state index is 11.6. The van der Waals surface area contributed by atoms with E-state index in [0.717, 1.165) is 0 Å². The Labute approximate surface area is 92.3 Å². The number of phenols is 1. The highest BCUT2D eigenvalue weighted by atomic mass is 16.6. The third kappa shape index (κ3) is 2.10. The Balaban J connectivity index is 3.41. The molecule has 1 amide bonds. The Hall–Kier alpha value is -2.11. The van der Waals surface area contributed by atoms with Crippen molar-refractivity contribution in [1.82, 2.24) is 4.90 Å². The van der Waals surface area contributed by atoms with Crippen molar-refractivity contribution in [3.63, 3.8) is 0 Å². The Bertz CT molecular complexity index is 454. The molecule has 1 aromatic carbocycles. The minimum absolute atomic E-state index is 0.0586. The van der Waals surface area contributed by atoms with E-state index in [1.165, 1.54) is 31.1 Å². The van der Waals surface area contributed by atoms with E-state index in [9.17, 15) is 20.0 Å². The molecular formula is C10H12N2O4. The molecule has 0 heterocycles. The molecule has 0 radical (unpaired) electrons. The molecule has 1 N–H and O–H groups in total. The van der Waals surface area contributed by atoms with Crippen molar-refractivity contribution in [2.75, 3.05) is 14.1 Å². The summed E-state index contributed by atoms with van der Waals surface area (Å²) in [5, 5.41) is 20.3. The van der Waals surface area contributed by atoms with Crippen LogP contribution in [0.25, 0.3) is 0 Å². The zero-order valence-corrected chi connectivity index (χ0v) is 9.22. The second-order valence-corrected chi connectivity index (χ2v) is 3.64. The standard InChI is InChI=1S/C10H12N2O4/c1-6-4-7(10(14)11(2)3)9(13)8(5-6)12(15)16/h4-5,13H,1-3H3. The average molecular weight is 224 g/mol. The topological polar surface area (TPSA) is 83.7 Å². The summed E-state index contributed by atoms with van der Waals surface area (Å²) < 4.78 is 0. The van der Waals surface area contributed by atoms with Crippen molar-refractivity contribution >= 4 is 11.6 Å². The fraction of sp³-hybridized carbons (Fsp3) is 0.300. The minimum Gasteiger partial charge on any atom is -0.502 e. The van der Waals surface area contributed by atoms with Crippen molar-refractivity contribution in [1.29, 1.82) is 0 Å². The van der Waals surface area contributed by atoms with Gasteiger partial charge in [-0.3, -0.25) is 14.9 Å². The summed E-state index contributed by atoms with van der Waals surface area (Å²) in [6.07, 6.45) is 0. The SMILES string of the molecule is Cc1cc(C(=O)N(C)C)c(O)c([N+](=O)[O-])c1. The number of hydrogen-bond donors (Lipinski definition) is 1. The lowest BCUT2D eigenvalue weighted by Gasteiger charge is -2.12. The van der Waals surface area contributed by atoms with Gasteiger partial charge in [-0.2, -0.15) is 0 Å². The Morgan fingerprint density at radius 2 is 2.00 bits per heavy atom. The minimum atomic E-state index is -0.714. The lowest BCUT2D eigenvalue weighted by molar-refractivity contribution is -0.385. The van der Waals surface area contributed by atoms with Crippen LogP contribution in [0.1, 0.15) is 15.9 Å². The highest BCUT2D eigenvalue weighted by molar-refractivity contribution is 5.98. The van der Waals surface area contributed by atoms with Crippen LogP contribution >= 0.6 is 0 Å². The molecular weight excluding hydrogens is 212 g/mol. The van der Waals surface area contributed by atoms with E-state index in [-0.39, 0.29) is 5.56 Å². The number of phenolic OH excluding ortho intramolecular Hbond substituents is 1. The maximum Gasteiger partial charge on any atom is 0.311 e. The number of hydrogen-bond acceptors (Lipinski definition) is 4. The second-order valence-electron chi connectivity index (χ2n) is 3.64. The lowest BCUT2D eigenvalue weighted by Crippen LogP contribution is -2.22. The van der Waals surface area contributed by atoms with Crippen molar-refractivity contribution in [3.8, 4) is 5.75 Å². The van der Waals surface area contributed by atoms with Crippen LogP contribution in [-0.2, 0) is 0 Å². The molecule has 0 aliphatic rings. The largest absolute Gasteiger partial charge is 0.502 e. The van der Waals surface area contributed by atoms with Crippen LogP contribution in [-0.4, -0.2) is 34.9 Å². The van der Waals surface area contributed by atoms with Crippen LogP contribution in [0, 0.1) is 17.0 Å². The Morgan fingerprint density at radius 3 is 2.44 bits per heavy atom. The zero-order chi connectivity index (χ0) is 12.5. The van der Waals surface area contributed by atoms with E-state index >= 15 is 0 Å². The van der Waals surface area contributed by atoms with Crippen LogP contribution in [0.3, 0.4) is 0 Å². The number of nitrogens with zero attached hydrogens (tertiary/aromatic N) is 2. The fourth-order valence-electron chi connectivity index (χ4n) is 1.30. The molecule has 86 valence electrons. The molecule has 0 spiro atoms. The van der Waals surface area contributed by atoms with Gasteiger partial charge in [0.25, 0.3) is 5.91 Å². The lowest BCUT2D eigenvalue weighted by atomic mass is 10.1. The van der Waals surface area contributed by atoms with E-state index in [1.807, 2.05) is 0 Å². The first-order valence-corrected chi connectivity index (χ1v) is 4.54. The van der Waals surface area contributed by atoms with Gasteiger partial charge >= 0.3 is 5.69 Å². The van der Waals surface area contributed by atoms with Gasteiger partial charge in [0.2, 0.25) is 5.75 Å². The van der Waals surface area contributed by atoms with Crippen LogP contribution in [0.4, 0.5) is 5.69 Å². The highest BCUT2D eigenvalue weighted by Crippen LogP contribution is 2.31. The summed E-state index contributed by atoms with van der Waals surface area (Å²) in [5.74, 6) is -1.06. The second kappa shape index (κ2) is 4.18. The first-order valence-electron chi connectivity index (χ1n) is 4.54. The fourth-order valence-corrected chi connectivity index (χ4v) is 1.30. The van der Waals surface area contributed by atoms with Gasteiger partial charge in [-0.25, -0.2) is 0 Å². The van der Waals surface area contributed by atoms with E-state index in [0.29, 0.717) is 5.56 Å². The van der Waals surface area contributed by atoms with E-state index in [1.54, 1.807) is 6.92 Å². The van der Waals surface area contributed by atoms with Crippen molar-refractivity contribution in [3.05, 3.63) is 33.4 Å². The van der Waals surface area contributed by atoms with Gasteiger partial charge in [0.1, 0.15) is 0 Å². The summed E-state index contributed by atoms with van der Waals surface area (Å²) in [4.78, 5) is 22.8. The molecule has 0 fully saturated rings. The molecule has 0 saturated carbocycles. The van der Waals surface area contributed by atoms with Crippen LogP contribution < -0.4 is 0 Å². The number of aromatic hydroxyl groups is 1. The van der Waals surface area contributed by atoms with Crippen LogP contribution in [0.15, 0.2) is 12.1 Å². The van der Waals surface area contributed by atoms with Crippen molar-refractivity contribution < 1.29 is 14.8 Å². The normalized spacial score (nSPS) is 9.94. The van der Waals surface area contributed by atoms with Gasteiger partial charge in [-0.15, -0.1) is 0 Å². The monoisotopic (exact) mass is 224 g/mol. The Kier molecular flexibility index (Phi) is 3.12. The molecule has 0 unspecified atom stereocenters. The molecule has 6 nitrogen and oxygen atoms in total. The van der Waals surface area contributed by atoms with Gasteiger partial charge < -0.3 is 10.0 Å². The molecule has 0 aromatic heterocycles. The molecule has 0 bridgehead atoms. The van der Waals surface area contributed by atoms with Crippen molar-refractivity contribution in [2.45, 2.75) is 6.92 Å². The number of carbonyl (C=O) groups is 1. The summed E-state index contributed by atoms with van der Waals surface area (Å²) in [7, 11) is 3.02. The van der Waals surface area contributed by atoms with Crippen LogP contribution in [0.5, 0.6) is 5.75 Å². The zero-order valence-electron chi connectivity index (χ0n) is 9.22. The summed E-state index contributed by atoms with van der Waals surface area (Å²) in [6.45, 7) is 1.62. The number of amides is 1. The van der Waals surface area contributed by atoms with Gasteiger partial charge in [0.05, 0.1) is 10.5 Å². The number of nitro benzene ring substituents is 1. The molecule has 1 rings (SSSR count). The number of benzene rings is 1. The molecule has 16 heavy (non-hydrogen) atoms. The third-order valence-electron chi connectivity index (χ3n) is 2.07. The van der Waals surface area contributed by atoms with E-state index in [4.69, 9.17) is 0 Å². The maximum atomic E-state index is 11.6. The van der Waals surface area contributed by atoms with Gasteiger partial charge in [-0.1, -0.05) is 0 Å². The van der Waals surface area contributed by atoms with Gasteiger partial charge in [0.15, 0.2) is 0 Å². The first-order chi connectivity index (χ1) is 7.34. The molecule has 0 atom stereocenters. The smallest absolute Gasteiger partial charge is 0.311 e. The quantitative estimate of drug-likeness (QED) is 0.606. The van der Waals surface area contributed by atoms with E-state index < -0.39 is 22.3 Å². The van der Waals surface area contributed by atoms with Gasteiger partial charge in [0, 0.05) is 20.2 Å². The predicted octanol–water partition coefficient (Wildman–Crippen LogP) is 1.31. The predicted molar refractivity (Wildman–Crippen MR) is 57.5 cm³/mol. The number of nitro groups is 1. The molecule has 1 aromatic rings. The highest BCUT2D eigenvalue weighted by Gasteiger charge is 2.23. The molecule has 0 saturated heterocycles. The summed E-state index contributed by atoms with van der Waals surface area (Å²) in [6, 6.07) is 2.65. The summed E-state index contributed by atoms with van der Waals surface area (Å²) >= 11 is 0.